The number of hydrazone groups is 1. The Labute approximate surface area is 196 Å². The van der Waals surface area contributed by atoms with E-state index in [1.165, 1.54) is 0 Å². The first-order valence-corrected chi connectivity index (χ1v) is 11.2. The lowest BCUT2D eigenvalue weighted by Gasteiger charge is -2.13. The number of hydrogen-bond donors (Lipinski definition) is 2. The molecular weight excluding hydrogens is 428 g/mol. The van der Waals surface area contributed by atoms with Gasteiger partial charge in [-0.3, -0.25) is 9.59 Å². The molecule has 7 nitrogen and oxygen atoms in total. The van der Waals surface area contributed by atoms with Gasteiger partial charge in [-0.25, -0.2) is 10.4 Å². The number of furan rings is 1. The van der Waals surface area contributed by atoms with Crippen LogP contribution in [0.3, 0.4) is 0 Å². The van der Waals surface area contributed by atoms with E-state index in [4.69, 9.17) is 4.42 Å². The van der Waals surface area contributed by atoms with Crippen molar-refractivity contribution in [3.05, 3.63) is 94.6 Å². The predicted octanol–water partition coefficient (Wildman–Crippen LogP) is 5.17. The predicted molar refractivity (Wildman–Crippen MR) is 131 cm³/mol. The Morgan fingerprint density at radius 2 is 1.74 bits per heavy atom. The standard InChI is InChI=1S/C27H24N4O3/c1-16-8-3-5-10-19(16)29-27(33)25-17(2)24-21(12-7-13-23(24)34-25)30-31-26(32)22-15-14-18-9-4-6-11-20(18)28-22/h3-6,8-11,14-15H,7,12-13H2,1-2H3,(H,29,33)(H,31,32)/b30-21+. The number of benzene rings is 2. The second-order valence-electron chi connectivity index (χ2n) is 8.37. The molecule has 1 aliphatic carbocycles. The second kappa shape index (κ2) is 8.94. The largest absolute Gasteiger partial charge is 0.455 e. The van der Waals surface area contributed by atoms with E-state index in [2.05, 4.69) is 20.8 Å². The van der Waals surface area contributed by atoms with Crippen molar-refractivity contribution < 1.29 is 14.0 Å². The number of amides is 2. The molecule has 2 amide bonds. The van der Waals surface area contributed by atoms with Gasteiger partial charge >= 0.3 is 0 Å². The molecule has 5 rings (SSSR count). The van der Waals surface area contributed by atoms with Crippen LogP contribution < -0.4 is 10.7 Å². The Balaban J connectivity index is 1.38. The molecule has 0 radical (unpaired) electrons. The molecular formula is C27H24N4O3. The summed E-state index contributed by atoms with van der Waals surface area (Å²) in [5.74, 6) is 0.301. The lowest BCUT2D eigenvalue weighted by Crippen LogP contribution is -2.23. The first-order chi connectivity index (χ1) is 16.5. The molecule has 0 unspecified atom stereocenters. The molecule has 2 N–H and O–H groups in total. The summed E-state index contributed by atoms with van der Waals surface area (Å²) in [5, 5.41) is 8.29. The van der Waals surface area contributed by atoms with Crippen LogP contribution in [0.15, 0.2) is 70.2 Å². The Morgan fingerprint density at radius 3 is 2.59 bits per heavy atom. The van der Waals surface area contributed by atoms with E-state index in [1.54, 1.807) is 6.07 Å². The van der Waals surface area contributed by atoms with E-state index in [0.717, 1.165) is 45.5 Å². The number of para-hydroxylation sites is 2. The highest BCUT2D eigenvalue weighted by Crippen LogP contribution is 2.30. The molecule has 0 atom stereocenters. The van der Waals surface area contributed by atoms with Gasteiger partial charge in [0.1, 0.15) is 11.5 Å². The van der Waals surface area contributed by atoms with E-state index < -0.39 is 0 Å². The Kier molecular flexibility index (Phi) is 5.67. The zero-order chi connectivity index (χ0) is 23.7. The van der Waals surface area contributed by atoms with Crippen LogP contribution in [0.1, 0.15) is 56.3 Å². The maximum atomic E-state index is 12.9. The number of carbonyl (C=O) groups is 2. The van der Waals surface area contributed by atoms with E-state index in [1.807, 2.05) is 68.4 Å². The van der Waals surface area contributed by atoms with Crippen LogP contribution in [-0.2, 0) is 6.42 Å². The summed E-state index contributed by atoms with van der Waals surface area (Å²) in [6.07, 6.45) is 2.21. The monoisotopic (exact) mass is 452 g/mol. The number of nitrogens with one attached hydrogen (secondary N) is 2. The lowest BCUT2D eigenvalue weighted by atomic mass is 9.93. The molecule has 1 aliphatic rings. The first-order valence-electron chi connectivity index (χ1n) is 11.2. The Bertz CT molecular complexity index is 1450. The average molecular weight is 453 g/mol. The molecule has 4 aromatic rings. The van der Waals surface area contributed by atoms with Crippen molar-refractivity contribution in [2.24, 2.45) is 5.10 Å². The molecule has 0 bridgehead atoms. The summed E-state index contributed by atoms with van der Waals surface area (Å²) in [6, 6.07) is 18.8. The van der Waals surface area contributed by atoms with Gasteiger partial charge in [0.2, 0.25) is 0 Å². The van der Waals surface area contributed by atoms with Crippen LogP contribution in [0, 0.1) is 13.8 Å². The fourth-order valence-electron chi connectivity index (χ4n) is 4.26. The van der Waals surface area contributed by atoms with Gasteiger partial charge in [-0.1, -0.05) is 42.5 Å². The SMILES string of the molecule is Cc1ccccc1NC(=O)c1oc2c(c1C)/C(=N/NC(=O)c1ccc3ccccc3n1)CCC2. The fourth-order valence-corrected chi connectivity index (χ4v) is 4.26. The molecule has 2 aromatic heterocycles. The number of rotatable bonds is 4. The van der Waals surface area contributed by atoms with Crippen LogP contribution in [0.4, 0.5) is 5.69 Å². The van der Waals surface area contributed by atoms with Crippen molar-refractivity contribution >= 4 is 34.1 Å². The second-order valence-corrected chi connectivity index (χ2v) is 8.37. The van der Waals surface area contributed by atoms with E-state index in [0.29, 0.717) is 24.2 Å². The topological polar surface area (TPSA) is 96.6 Å². The van der Waals surface area contributed by atoms with Crippen molar-refractivity contribution in [3.8, 4) is 0 Å². The van der Waals surface area contributed by atoms with Gasteiger partial charge in [-0.15, -0.1) is 0 Å². The minimum Gasteiger partial charge on any atom is -0.455 e. The van der Waals surface area contributed by atoms with Crippen molar-refractivity contribution in [1.29, 1.82) is 0 Å². The number of aryl methyl sites for hydroxylation is 2. The van der Waals surface area contributed by atoms with Crippen LogP contribution in [0.25, 0.3) is 10.9 Å². The maximum absolute atomic E-state index is 12.9. The Morgan fingerprint density at radius 1 is 0.941 bits per heavy atom. The molecule has 0 spiro atoms. The third-order valence-electron chi connectivity index (χ3n) is 6.05. The zero-order valence-corrected chi connectivity index (χ0v) is 19.0. The molecule has 7 heteroatoms. The summed E-state index contributed by atoms with van der Waals surface area (Å²) in [6.45, 7) is 3.79. The molecule has 0 fully saturated rings. The molecule has 0 aliphatic heterocycles. The molecule has 0 saturated carbocycles. The number of aromatic nitrogens is 1. The minimum atomic E-state index is -0.385. The molecule has 2 heterocycles. The van der Waals surface area contributed by atoms with Crippen LogP contribution >= 0.6 is 0 Å². The highest BCUT2D eigenvalue weighted by molar-refractivity contribution is 6.09. The van der Waals surface area contributed by atoms with E-state index in [9.17, 15) is 9.59 Å². The number of fused-ring (bicyclic) bond motifs is 2. The van der Waals surface area contributed by atoms with Crippen molar-refractivity contribution in [2.45, 2.75) is 33.1 Å². The lowest BCUT2D eigenvalue weighted by molar-refractivity contribution is 0.0949. The molecule has 170 valence electrons. The van der Waals surface area contributed by atoms with Gasteiger partial charge < -0.3 is 9.73 Å². The number of pyridine rings is 1. The fraction of sp³-hybridized carbons (Fsp3) is 0.185. The number of anilines is 1. The van der Waals surface area contributed by atoms with Crippen LogP contribution in [-0.4, -0.2) is 22.5 Å². The summed E-state index contributed by atoms with van der Waals surface area (Å²) < 4.78 is 5.96. The van der Waals surface area contributed by atoms with Gasteiger partial charge in [0.15, 0.2) is 5.76 Å². The first kappa shape index (κ1) is 21.6. The third kappa shape index (κ3) is 4.08. The van der Waals surface area contributed by atoms with Crippen LogP contribution in [0.5, 0.6) is 0 Å². The van der Waals surface area contributed by atoms with E-state index >= 15 is 0 Å². The summed E-state index contributed by atoms with van der Waals surface area (Å²) >= 11 is 0. The highest BCUT2D eigenvalue weighted by Gasteiger charge is 2.28. The van der Waals surface area contributed by atoms with Gasteiger partial charge in [-0.05, 0) is 50.5 Å². The van der Waals surface area contributed by atoms with Crippen LogP contribution in [0.2, 0.25) is 0 Å². The van der Waals surface area contributed by atoms with Crippen molar-refractivity contribution in [1.82, 2.24) is 10.4 Å². The maximum Gasteiger partial charge on any atom is 0.291 e. The third-order valence-corrected chi connectivity index (χ3v) is 6.05. The summed E-state index contributed by atoms with van der Waals surface area (Å²) in [5.41, 5.74) is 7.60. The number of hydrogen-bond acceptors (Lipinski definition) is 5. The summed E-state index contributed by atoms with van der Waals surface area (Å²) in [7, 11) is 0. The molecule has 0 saturated heterocycles. The van der Waals surface area contributed by atoms with Gasteiger partial charge in [-0.2, -0.15) is 5.10 Å². The van der Waals surface area contributed by atoms with Gasteiger partial charge in [0.05, 0.1) is 11.2 Å². The average Bonchev–Trinajstić information content (AvgIpc) is 3.20. The quantitative estimate of drug-likeness (QED) is 0.418. The van der Waals surface area contributed by atoms with Gasteiger partial charge in [0, 0.05) is 28.6 Å². The zero-order valence-electron chi connectivity index (χ0n) is 19.0. The van der Waals surface area contributed by atoms with E-state index in [-0.39, 0.29) is 17.6 Å². The number of nitrogens with zero attached hydrogens (tertiary/aromatic N) is 2. The van der Waals surface area contributed by atoms with Crippen molar-refractivity contribution in [2.75, 3.05) is 5.32 Å². The highest BCUT2D eigenvalue weighted by atomic mass is 16.4. The normalized spacial score (nSPS) is 14.1. The Hall–Kier alpha value is -4.26. The van der Waals surface area contributed by atoms with Gasteiger partial charge in [0.25, 0.3) is 11.8 Å². The summed E-state index contributed by atoms with van der Waals surface area (Å²) in [4.78, 5) is 30.1. The molecule has 34 heavy (non-hydrogen) atoms. The number of carbonyl (C=O) groups excluding carboxylic acids is 2. The van der Waals surface area contributed by atoms with Crippen molar-refractivity contribution in [3.63, 3.8) is 0 Å². The minimum absolute atomic E-state index is 0.269. The smallest absolute Gasteiger partial charge is 0.291 e. The molecule has 2 aromatic carbocycles.